The highest BCUT2D eigenvalue weighted by Crippen LogP contribution is 2.10. The van der Waals surface area contributed by atoms with Crippen molar-refractivity contribution in [3.05, 3.63) is 34.9 Å². The average Bonchev–Trinajstić information content (AvgIpc) is 2.47. The lowest BCUT2D eigenvalue weighted by atomic mass is 10.0. The number of hydrogen-bond donors (Lipinski definition) is 4. The number of carbonyl (C=O) groups is 1. The van der Waals surface area contributed by atoms with Gasteiger partial charge in [-0.3, -0.25) is 0 Å². The molecule has 0 fully saturated rings. The molecule has 21 heavy (non-hydrogen) atoms. The zero-order chi connectivity index (χ0) is 15.8. The summed E-state index contributed by atoms with van der Waals surface area (Å²) >= 11 is 0. The van der Waals surface area contributed by atoms with Crippen molar-refractivity contribution in [1.29, 1.82) is 0 Å². The summed E-state index contributed by atoms with van der Waals surface area (Å²) < 4.78 is 0. The molecule has 0 bridgehead atoms. The Bertz CT molecular complexity index is 514. The van der Waals surface area contributed by atoms with Gasteiger partial charge in [0.05, 0.1) is 0 Å². The van der Waals surface area contributed by atoms with Gasteiger partial charge in [0.2, 0.25) is 0 Å². The van der Waals surface area contributed by atoms with Gasteiger partial charge in [-0.1, -0.05) is 17.3 Å². The van der Waals surface area contributed by atoms with Crippen molar-refractivity contribution in [2.24, 2.45) is 10.9 Å². The van der Waals surface area contributed by atoms with Crippen molar-refractivity contribution in [3.63, 3.8) is 0 Å². The second kappa shape index (κ2) is 8.11. The Hall–Kier alpha value is -2.28. The molecule has 0 unspecified atom stereocenters. The summed E-state index contributed by atoms with van der Waals surface area (Å²) in [6.45, 7) is 3.92. The first-order chi connectivity index (χ1) is 9.95. The highest BCUT2D eigenvalue weighted by atomic mass is 16.4. The van der Waals surface area contributed by atoms with E-state index in [1.54, 1.807) is 14.1 Å². The molecule has 0 saturated carbocycles. The van der Waals surface area contributed by atoms with Gasteiger partial charge in [0.1, 0.15) is 0 Å². The molecular weight excluding hydrogens is 270 g/mol. The van der Waals surface area contributed by atoms with Crippen LogP contribution in [-0.2, 0) is 6.54 Å². The van der Waals surface area contributed by atoms with E-state index in [1.165, 1.54) is 4.90 Å². The summed E-state index contributed by atoms with van der Waals surface area (Å²) in [5.74, 6) is 0.101. The van der Waals surface area contributed by atoms with Crippen LogP contribution in [0.4, 0.5) is 4.79 Å². The number of carbonyl (C=O) groups excluding carboxylic acids is 1. The van der Waals surface area contributed by atoms with Crippen LogP contribution in [0.5, 0.6) is 0 Å². The number of benzene rings is 1. The van der Waals surface area contributed by atoms with Crippen LogP contribution in [0.1, 0.15) is 16.7 Å². The molecule has 7 nitrogen and oxygen atoms in total. The first-order valence-electron chi connectivity index (χ1n) is 6.69. The summed E-state index contributed by atoms with van der Waals surface area (Å²) in [4.78, 5) is 12.8. The summed E-state index contributed by atoms with van der Waals surface area (Å²) in [5.41, 5.74) is 8.42. The van der Waals surface area contributed by atoms with Crippen LogP contribution >= 0.6 is 0 Å². The number of amidine groups is 1. The Labute approximate surface area is 124 Å². The smallest absolute Gasteiger partial charge is 0.316 e. The van der Waals surface area contributed by atoms with Crippen molar-refractivity contribution in [2.75, 3.05) is 27.2 Å². The van der Waals surface area contributed by atoms with E-state index >= 15 is 0 Å². The molecular formula is C14H23N5O2. The maximum Gasteiger partial charge on any atom is 0.316 e. The van der Waals surface area contributed by atoms with Gasteiger partial charge in [-0.25, -0.2) is 4.79 Å². The Morgan fingerprint density at radius 1 is 1.38 bits per heavy atom. The van der Waals surface area contributed by atoms with E-state index in [4.69, 9.17) is 10.9 Å². The Kier molecular flexibility index (Phi) is 6.48. The van der Waals surface area contributed by atoms with Gasteiger partial charge in [-0.2, -0.15) is 0 Å². The predicted molar refractivity (Wildman–Crippen MR) is 82.5 cm³/mol. The third kappa shape index (κ3) is 5.31. The van der Waals surface area contributed by atoms with E-state index in [9.17, 15) is 4.79 Å². The fraction of sp³-hybridized carbons (Fsp3) is 0.429. The lowest BCUT2D eigenvalue weighted by Gasteiger charge is -2.13. The standard InChI is InChI=1S/C14H23N5O2/c1-10-8-11(13(15)18-21)4-5-12(10)9-16-6-7-17-14(20)19(2)3/h4-5,8,16,21H,6-7,9H2,1-3H3,(H2,15,18)(H,17,20). The third-order valence-electron chi connectivity index (χ3n) is 3.05. The summed E-state index contributed by atoms with van der Waals surface area (Å²) in [6, 6.07) is 5.53. The number of nitrogens with zero attached hydrogens (tertiary/aromatic N) is 2. The van der Waals surface area contributed by atoms with Crippen LogP contribution < -0.4 is 16.4 Å². The maximum atomic E-state index is 11.3. The number of urea groups is 1. The minimum Gasteiger partial charge on any atom is -0.409 e. The zero-order valence-electron chi connectivity index (χ0n) is 12.7. The van der Waals surface area contributed by atoms with Crippen molar-refractivity contribution < 1.29 is 10.0 Å². The molecule has 0 spiro atoms. The molecule has 5 N–H and O–H groups in total. The molecule has 0 aromatic heterocycles. The fourth-order valence-electron chi connectivity index (χ4n) is 1.75. The molecule has 7 heteroatoms. The van der Waals surface area contributed by atoms with Gasteiger partial charge in [-0.05, 0) is 24.1 Å². The van der Waals surface area contributed by atoms with Gasteiger partial charge in [0.25, 0.3) is 0 Å². The van der Waals surface area contributed by atoms with E-state index in [0.717, 1.165) is 11.1 Å². The SMILES string of the molecule is Cc1cc(/C(N)=N/O)ccc1CNCCNC(=O)N(C)C. The number of nitrogens with two attached hydrogens (primary N) is 1. The highest BCUT2D eigenvalue weighted by molar-refractivity contribution is 5.97. The Morgan fingerprint density at radius 2 is 2.10 bits per heavy atom. The van der Waals surface area contributed by atoms with E-state index in [-0.39, 0.29) is 11.9 Å². The predicted octanol–water partition coefficient (Wildman–Crippen LogP) is 0.450. The fourth-order valence-corrected chi connectivity index (χ4v) is 1.75. The number of nitrogens with one attached hydrogen (secondary N) is 2. The molecule has 0 aliphatic heterocycles. The van der Waals surface area contributed by atoms with Crippen LogP contribution in [-0.4, -0.2) is 49.2 Å². The van der Waals surface area contributed by atoms with Gasteiger partial charge in [0.15, 0.2) is 5.84 Å². The third-order valence-corrected chi connectivity index (χ3v) is 3.05. The van der Waals surface area contributed by atoms with Crippen LogP contribution in [0.3, 0.4) is 0 Å². The molecule has 116 valence electrons. The molecule has 0 atom stereocenters. The van der Waals surface area contributed by atoms with Crippen LogP contribution in [0.2, 0.25) is 0 Å². The summed E-state index contributed by atoms with van der Waals surface area (Å²) in [5, 5.41) is 17.7. The monoisotopic (exact) mass is 293 g/mol. The lowest BCUT2D eigenvalue weighted by Crippen LogP contribution is -2.38. The van der Waals surface area contributed by atoms with E-state index < -0.39 is 0 Å². The second-order valence-corrected chi connectivity index (χ2v) is 4.93. The first kappa shape index (κ1) is 16.8. The quantitative estimate of drug-likeness (QED) is 0.201. The minimum atomic E-state index is -0.101. The number of hydrogen-bond acceptors (Lipinski definition) is 4. The molecule has 1 aromatic rings. The van der Waals surface area contributed by atoms with Gasteiger partial charge in [-0.15, -0.1) is 0 Å². The molecule has 2 amide bonds. The number of aryl methyl sites for hydroxylation is 1. The van der Waals surface area contributed by atoms with Gasteiger partial charge >= 0.3 is 6.03 Å². The molecule has 0 saturated heterocycles. The summed E-state index contributed by atoms with van der Waals surface area (Å²) in [7, 11) is 3.41. The normalized spacial score (nSPS) is 11.3. The highest BCUT2D eigenvalue weighted by Gasteiger charge is 2.04. The average molecular weight is 293 g/mol. The van der Waals surface area contributed by atoms with Gasteiger partial charge < -0.3 is 26.5 Å². The summed E-state index contributed by atoms with van der Waals surface area (Å²) in [6.07, 6.45) is 0. The number of rotatable bonds is 6. The topological polar surface area (TPSA) is 103 Å². The van der Waals surface area contributed by atoms with E-state index in [1.807, 2.05) is 25.1 Å². The number of amides is 2. The first-order valence-corrected chi connectivity index (χ1v) is 6.69. The minimum absolute atomic E-state index is 0.101. The Morgan fingerprint density at radius 3 is 2.67 bits per heavy atom. The molecule has 0 aliphatic rings. The molecule has 1 aromatic carbocycles. The van der Waals surface area contributed by atoms with E-state index in [2.05, 4.69) is 15.8 Å². The van der Waals surface area contributed by atoms with Crippen molar-refractivity contribution in [3.8, 4) is 0 Å². The van der Waals surface area contributed by atoms with Gasteiger partial charge in [0, 0.05) is 39.3 Å². The van der Waals surface area contributed by atoms with Crippen LogP contribution in [0.25, 0.3) is 0 Å². The van der Waals surface area contributed by atoms with Crippen LogP contribution in [0.15, 0.2) is 23.4 Å². The molecule has 0 radical (unpaired) electrons. The van der Waals surface area contributed by atoms with Crippen molar-refractivity contribution in [2.45, 2.75) is 13.5 Å². The van der Waals surface area contributed by atoms with E-state index in [0.29, 0.717) is 25.2 Å². The molecule has 1 rings (SSSR count). The Balaban J connectivity index is 2.41. The van der Waals surface area contributed by atoms with Crippen molar-refractivity contribution in [1.82, 2.24) is 15.5 Å². The lowest BCUT2D eigenvalue weighted by molar-refractivity contribution is 0.217. The molecule has 0 heterocycles. The second-order valence-electron chi connectivity index (χ2n) is 4.93. The zero-order valence-corrected chi connectivity index (χ0v) is 12.7. The van der Waals surface area contributed by atoms with Crippen molar-refractivity contribution >= 4 is 11.9 Å². The largest absolute Gasteiger partial charge is 0.409 e. The maximum absolute atomic E-state index is 11.3. The number of oxime groups is 1. The molecule has 0 aliphatic carbocycles. The van der Waals surface area contributed by atoms with Crippen LogP contribution in [0, 0.1) is 6.92 Å².